The first-order chi connectivity index (χ1) is 11.5. The highest BCUT2D eigenvalue weighted by Crippen LogP contribution is 2.27. The second kappa shape index (κ2) is 7.20. The lowest BCUT2D eigenvalue weighted by molar-refractivity contribution is -0.151. The van der Waals surface area contributed by atoms with Crippen LogP contribution in [-0.2, 0) is 22.0 Å². The topological polar surface area (TPSA) is 57.0 Å². The molecule has 1 heterocycles. The average Bonchev–Trinajstić information content (AvgIpc) is 2.84. The van der Waals surface area contributed by atoms with Crippen LogP contribution in [0.4, 0.5) is 0 Å². The monoisotopic (exact) mass is 361 g/mol. The van der Waals surface area contributed by atoms with Crippen molar-refractivity contribution in [3.8, 4) is 11.4 Å². The van der Waals surface area contributed by atoms with Crippen molar-refractivity contribution >= 4 is 17.7 Å². The third kappa shape index (κ3) is 5.33. The molecule has 0 amide bonds. The van der Waals surface area contributed by atoms with Gasteiger partial charge in [-0.3, -0.25) is 4.79 Å². The molecule has 5 nitrogen and oxygen atoms in total. The van der Waals surface area contributed by atoms with Crippen molar-refractivity contribution in [2.75, 3.05) is 5.75 Å². The fraction of sp³-hybridized carbons (Fsp3) is 0.526. The number of esters is 1. The summed E-state index contributed by atoms with van der Waals surface area (Å²) < 4.78 is 7.22. The summed E-state index contributed by atoms with van der Waals surface area (Å²) in [4.78, 5) is 11.9. The summed E-state index contributed by atoms with van der Waals surface area (Å²) in [5.41, 5.74) is 1.93. The molecule has 0 unspecified atom stereocenters. The number of hydrogen-bond acceptors (Lipinski definition) is 5. The maximum absolute atomic E-state index is 11.9. The van der Waals surface area contributed by atoms with Crippen LogP contribution in [0.15, 0.2) is 29.4 Å². The van der Waals surface area contributed by atoms with E-state index >= 15 is 0 Å². The molecule has 0 spiro atoms. The Morgan fingerprint density at radius 2 is 1.68 bits per heavy atom. The van der Waals surface area contributed by atoms with Crippen molar-refractivity contribution in [2.24, 2.45) is 7.05 Å². The molecule has 2 aromatic rings. The highest BCUT2D eigenvalue weighted by atomic mass is 32.2. The summed E-state index contributed by atoms with van der Waals surface area (Å²) in [5, 5.41) is 9.17. The zero-order valence-electron chi connectivity index (χ0n) is 16.1. The Kier molecular flexibility index (Phi) is 5.62. The first-order valence-electron chi connectivity index (χ1n) is 8.32. The molecule has 0 radical (unpaired) electrons. The van der Waals surface area contributed by atoms with Crippen LogP contribution in [-0.4, -0.2) is 32.1 Å². The number of thioether (sulfide) groups is 1. The zero-order chi connectivity index (χ0) is 18.8. The van der Waals surface area contributed by atoms with E-state index in [2.05, 4.69) is 55.2 Å². The standard InChI is InChI=1S/C19H27N3O2S/c1-18(2,3)14-10-8-13(9-11-14)16-20-21-17(22(16)7)25-12-15(23)24-19(4,5)6/h8-11H,12H2,1-7H3. The van der Waals surface area contributed by atoms with Gasteiger partial charge >= 0.3 is 5.97 Å². The molecule has 136 valence electrons. The van der Waals surface area contributed by atoms with E-state index < -0.39 is 5.60 Å². The van der Waals surface area contributed by atoms with Crippen LogP contribution in [0.3, 0.4) is 0 Å². The largest absolute Gasteiger partial charge is 0.459 e. The molecule has 6 heteroatoms. The van der Waals surface area contributed by atoms with Gasteiger partial charge in [0.2, 0.25) is 0 Å². The number of aromatic nitrogens is 3. The van der Waals surface area contributed by atoms with E-state index in [4.69, 9.17) is 4.74 Å². The van der Waals surface area contributed by atoms with Gasteiger partial charge in [0, 0.05) is 12.6 Å². The van der Waals surface area contributed by atoms with E-state index in [0.717, 1.165) is 11.4 Å². The predicted molar refractivity (Wildman–Crippen MR) is 102 cm³/mol. The van der Waals surface area contributed by atoms with Crippen molar-refractivity contribution in [3.05, 3.63) is 29.8 Å². The first kappa shape index (κ1) is 19.5. The molecule has 0 aliphatic heterocycles. The molecular formula is C19H27N3O2S. The summed E-state index contributed by atoms with van der Waals surface area (Å²) in [6.45, 7) is 12.1. The maximum atomic E-state index is 11.9. The third-order valence-electron chi connectivity index (χ3n) is 3.58. The lowest BCUT2D eigenvalue weighted by Gasteiger charge is -2.19. The second-order valence-corrected chi connectivity index (χ2v) is 9.01. The summed E-state index contributed by atoms with van der Waals surface area (Å²) >= 11 is 1.33. The van der Waals surface area contributed by atoms with Crippen molar-refractivity contribution in [2.45, 2.75) is 57.7 Å². The first-order valence-corrected chi connectivity index (χ1v) is 9.31. The molecule has 0 bridgehead atoms. The van der Waals surface area contributed by atoms with Gasteiger partial charge in [-0.25, -0.2) is 0 Å². The molecule has 0 aliphatic rings. The Morgan fingerprint density at radius 3 is 2.20 bits per heavy atom. The van der Waals surface area contributed by atoms with Gasteiger partial charge in [-0.1, -0.05) is 56.8 Å². The minimum absolute atomic E-state index is 0.118. The van der Waals surface area contributed by atoms with Crippen LogP contribution >= 0.6 is 11.8 Å². The van der Waals surface area contributed by atoms with Crippen LogP contribution in [0.1, 0.15) is 47.1 Å². The van der Waals surface area contributed by atoms with Gasteiger partial charge in [0.15, 0.2) is 11.0 Å². The Labute approximate surface area is 154 Å². The molecule has 0 saturated heterocycles. The Balaban J connectivity index is 2.09. The van der Waals surface area contributed by atoms with E-state index in [0.29, 0.717) is 5.16 Å². The molecule has 0 saturated carbocycles. The number of carbonyl (C=O) groups is 1. The minimum Gasteiger partial charge on any atom is -0.459 e. The highest BCUT2D eigenvalue weighted by Gasteiger charge is 2.19. The van der Waals surface area contributed by atoms with E-state index in [1.54, 1.807) is 0 Å². The van der Waals surface area contributed by atoms with E-state index in [-0.39, 0.29) is 17.1 Å². The van der Waals surface area contributed by atoms with Crippen molar-refractivity contribution in [1.82, 2.24) is 14.8 Å². The molecule has 0 N–H and O–H groups in total. The van der Waals surface area contributed by atoms with Crippen LogP contribution in [0.2, 0.25) is 0 Å². The third-order valence-corrected chi connectivity index (χ3v) is 4.58. The second-order valence-electron chi connectivity index (χ2n) is 8.07. The van der Waals surface area contributed by atoms with Gasteiger partial charge in [0.05, 0.1) is 5.75 Å². The Hall–Kier alpha value is -1.82. The molecule has 0 atom stereocenters. The SMILES string of the molecule is Cn1c(SCC(=O)OC(C)(C)C)nnc1-c1ccc(C(C)(C)C)cc1. The van der Waals surface area contributed by atoms with Gasteiger partial charge in [-0.15, -0.1) is 10.2 Å². The summed E-state index contributed by atoms with van der Waals surface area (Å²) in [6.07, 6.45) is 0. The number of nitrogens with zero attached hydrogens (tertiary/aromatic N) is 3. The molecule has 1 aromatic carbocycles. The number of carbonyl (C=O) groups excluding carboxylic acids is 1. The minimum atomic E-state index is -0.475. The molecule has 0 fully saturated rings. The van der Waals surface area contributed by atoms with Crippen molar-refractivity contribution in [1.29, 1.82) is 0 Å². The lowest BCUT2D eigenvalue weighted by atomic mass is 9.87. The van der Waals surface area contributed by atoms with Gasteiger partial charge in [0.25, 0.3) is 0 Å². The quantitative estimate of drug-likeness (QED) is 0.603. The molecule has 2 rings (SSSR count). The smallest absolute Gasteiger partial charge is 0.316 e. The van der Waals surface area contributed by atoms with E-state index in [1.165, 1.54) is 17.3 Å². The van der Waals surface area contributed by atoms with Crippen LogP contribution in [0.5, 0.6) is 0 Å². The van der Waals surface area contributed by atoms with Gasteiger partial charge < -0.3 is 9.30 Å². The zero-order valence-corrected chi connectivity index (χ0v) is 16.9. The number of benzene rings is 1. The van der Waals surface area contributed by atoms with E-state index in [1.807, 2.05) is 32.4 Å². The molecule has 0 aliphatic carbocycles. The maximum Gasteiger partial charge on any atom is 0.316 e. The summed E-state index contributed by atoms with van der Waals surface area (Å²) in [5.74, 6) is 0.746. The van der Waals surface area contributed by atoms with Gasteiger partial charge in [-0.05, 0) is 31.7 Å². The van der Waals surface area contributed by atoms with Crippen molar-refractivity contribution < 1.29 is 9.53 Å². The molecule has 1 aromatic heterocycles. The molecule has 25 heavy (non-hydrogen) atoms. The normalized spacial score (nSPS) is 12.3. The lowest BCUT2D eigenvalue weighted by Crippen LogP contribution is -2.25. The highest BCUT2D eigenvalue weighted by molar-refractivity contribution is 7.99. The van der Waals surface area contributed by atoms with Crippen LogP contribution < -0.4 is 0 Å². The van der Waals surface area contributed by atoms with Gasteiger partial charge in [-0.2, -0.15) is 0 Å². The Morgan fingerprint density at radius 1 is 1.08 bits per heavy atom. The van der Waals surface area contributed by atoms with Crippen LogP contribution in [0.25, 0.3) is 11.4 Å². The fourth-order valence-electron chi connectivity index (χ4n) is 2.31. The Bertz CT molecular complexity index is 738. The van der Waals surface area contributed by atoms with Gasteiger partial charge in [0.1, 0.15) is 5.60 Å². The average molecular weight is 362 g/mol. The molecular weight excluding hydrogens is 334 g/mol. The number of ether oxygens (including phenoxy) is 1. The predicted octanol–water partition coefficient (Wildman–Crippen LogP) is 4.21. The van der Waals surface area contributed by atoms with Crippen LogP contribution in [0, 0.1) is 0 Å². The fourth-order valence-corrected chi connectivity index (χ4v) is 2.99. The summed E-state index contributed by atoms with van der Waals surface area (Å²) in [7, 11) is 1.91. The number of rotatable bonds is 4. The van der Waals surface area contributed by atoms with Crippen molar-refractivity contribution in [3.63, 3.8) is 0 Å². The van der Waals surface area contributed by atoms with E-state index in [9.17, 15) is 4.79 Å². The summed E-state index contributed by atoms with van der Waals surface area (Å²) in [6, 6.07) is 8.37. The number of hydrogen-bond donors (Lipinski definition) is 0.